The van der Waals surface area contributed by atoms with Crippen molar-refractivity contribution in [2.24, 2.45) is 5.92 Å². The average molecular weight is 262 g/mol. The third kappa shape index (κ3) is 5.08. The summed E-state index contributed by atoms with van der Waals surface area (Å²) in [6.07, 6.45) is 2.35. The summed E-state index contributed by atoms with van der Waals surface area (Å²) in [6, 6.07) is 0. The summed E-state index contributed by atoms with van der Waals surface area (Å²) in [5, 5.41) is 0. The molecule has 1 saturated carbocycles. The van der Waals surface area contributed by atoms with Gasteiger partial charge in [0, 0.05) is 6.42 Å². The Kier molecular flexibility index (Phi) is 7.85. The van der Waals surface area contributed by atoms with Crippen LogP contribution in [0.25, 0.3) is 0 Å². The quantitative estimate of drug-likeness (QED) is 0.525. The van der Waals surface area contributed by atoms with E-state index >= 15 is 0 Å². The maximum absolute atomic E-state index is 12.7. The van der Waals surface area contributed by atoms with Crippen molar-refractivity contribution in [2.75, 3.05) is 7.11 Å². The molecule has 0 aromatic carbocycles. The molecule has 0 aromatic heterocycles. The molecule has 0 radical (unpaired) electrons. The van der Waals surface area contributed by atoms with Gasteiger partial charge in [-0.1, -0.05) is 37.4 Å². The number of halogens is 3. The molecule has 1 unspecified atom stereocenters. The van der Waals surface area contributed by atoms with Crippen LogP contribution in [0.5, 0.6) is 0 Å². The molecule has 7 heteroatoms. The number of ether oxygens (including phenoxy) is 1. The van der Waals surface area contributed by atoms with E-state index in [2.05, 4.69) is 4.74 Å². The smallest absolute Gasteiger partial charge is 0.469 e. The maximum atomic E-state index is 12.7. The van der Waals surface area contributed by atoms with Crippen LogP contribution >= 0.6 is 0 Å². The monoisotopic (exact) mass is 262 g/mol. The number of carbonyl (C=O) groups excluding carboxylic acids is 1. The molecule has 1 atom stereocenters. The molecule has 1 aliphatic rings. The van der Waals surface area contributed by atoms with Gasteiger partial charge >= 0.3 is 64.3 Å². The molecule has 16 heavy (non-hydrogen) atoms. The van der Waals surface area contributed by atoms with Crippen LogP contribution in [-0.2, 0) is 9.53 Å². The van der Waals surface area contributed by atoms with Crippen molar-refractivity contribution in [1.29, 1.82) is 0 Å². The second-order valence-electron chi connectivity index (χ2n) is 4.11. The van der Waals surface area contributed by atoms with Gasteiger partial charge in [-0.15, -0.1) is 0 Å². The van der Waals surface area contributed by atoms with Crippen LogP contribution in [0.15, 0.2) is 0 Å². The summed E-state index contributed by atoms with van der Waals surface area (Å²) in [5.74, 6) is -2.59. The largest absolute Gasteiger partial charge is 1.00 e. The zero-order chi connectivity index (χ0) is 11.5. The molecule has 1 rings (SSSR count). The SMILES string of the molecule is COC(=O)CC(C1CCCC1)[B-](F)(F)F.[K+]. The van der Waals surface area contributed by atoms with Crippen molar-refractivity contribution < 1.29 is 73.9 Å². The minimum Gasteiger partial charge on any atom is -0.469 e. The van der Waals surface area contributed by atoms with Crippen LogP contribution < -0.4 is 51.4 Å². The summed E-state index contributed by atoms with van der Waals surface area (Å²) in [7, 11) is 1.12. The topological polar surface area (TPSA) is 26.3 Å². The van der Waals surface area contributed by atoms with Crippen molar-refractivity contribution in [2.45, 2.75) is 37.9 Å². The summed E-state index contributed by atoms with van der Waals surface area (Å²) in [6.45, 7) is -4.94. The molecule has 0 bridgehead atoms. The Hall–Kier alpha value is 0.961. The van der Waals surface area contributed by atoms with E-state index in [9.17, 15) is 17.7 Å². The van der Waals surface area contributed by atoms with Crippen LogP contribution in [-0.4, -0.2) is 20.1 Å². The molecule has 88 valence electrons. The molecule has 0 heterocycles. The van der Waals surface area contributed by atoms with Gasteiger partial charge in [0.1, 0.15) is 0 Å². The van der Waals surface area contributed by atoms with Crippen molar-refractivity contribution in [3.63, 3.8) is 0 Å². The first-order valence-corrected chi connectivity index (χ1v) is 5.22. The standard InChI is InChI=1S/C9H15BF3O2.K/c1-15-9(14)6-8(10(11,12)13)7-4-2-3-5-7;/h7-8H,2-6H2,1H3;/q-1;+1. The van der Waals surface area contributed by atoms with Crippen LogP contribution in [0.2, 0.25) is 5.82 Å². The third-order valence-electron chi connectivity index (χ3n) is 3.12. The minimum atomic E-state index is -4.94. The normalized spacial score (nSPS) is 19.0. The summed E-state index contributed by atoms with van der Waals surface area (Å²) >= 11 is 0. The van der Waals surface area contributed by atoms with E-state index in [1.165, 1.54) is 0 Å². The Balaban J connectivity index is 0.00000225. The fraction of sp³-hybridized carbons (Fsp3) is 0.889. The summed E-state index contributed by atoms with van der Waals surface area (Å²) in [5.41, 5.74) is 0. The van der Waals surface area contributed by atoms with E-state index in [0.717, 1.165) is 20.0 Å². The van der Waals surface area contributed by atoms with E-state index in [1.807, 2.05) is 0 Å². The van der Waals surface area contributed by atoms with Crippen LogP contribution in [0.4, 0.5) is 12.9 Å². The average Bonchev–Trinajstić information content (AvgIpc) is 2.64. The molecule has 0 aliphatic heterocycles. The molecular weight excluding hydrogens is 247 g/mol. The van der Waals surface area contributed by atoms with E-state index < -0.39 is 25.2 Å². The molecule has 1 aliphatic carbocycles. The molecule has 2 nitrogen and oxygen atoms in total. The molecule has 0 aromatic rings. The second kappa shape index (κ2) is 7.41. The van der Waals surface area contributed by atoms with Gasteiger partial charge in [0.15, 0.2) is 0 Å². The number of hydrogen-bond donors (Lipinski definition) is 0. The van der Waals surface area contributed by atoms with E-state index in [0.29, 0.717) is 12.8 Å². The fourth-order valence-electron chi connectivity index (χ4n) is 2.27. The molecule has 0 spiro atoms. The van der Waals surface area contributed by atoms with Crippen molar-refractivity contribution in [3.8, 4) is 0 Å². The van der Waals surface area contributed by atoms with E-state index in [1.54, 1.807) is 0 Å². The zero-order valence-corrected chi connectivity index (χ0v) is 12.8. The Bertz CT molecular complexity index is 229. The van der Waals surface area contributed by atoms with Crippen LogP contribution in [0.3, 0.4) is 0 Å². The van der Waals surface area contributed by atoms with Gasteiger partial charge in [0.05, 0.1) is 7.11 Å². The number of rotatable bonds is 4. The van der Waals surface area contributed by atoms with Gasteiger partial charge < -0.3 is 17.7 Å². The van der Waals surface area contributed by atoms with Gasteiger partial charge in [0.25, 0.3) is 0 Å². The number of methoxy groups -OCH3 is 1. The van der Waals surface area contributed by atoms with Crippen molar-refractivity contribution >= 4 is 12.9 Å². The van der Waals surface area contributed by atoms with Gasteiger partial charge in [-0.25, -0.2) is 0 Å². The van der Waals surface area contributed by atoms with Crippen LogP contribution in [0, 0.1) is 5.92 Å². The van der Waals surface area contributed by atoms with Crippen molar-refractivity contribution in [3.05, 3.63) is 0 Å². The first-order valence-electron chi connectivity index (χ1n) is 5.22. The zero-order valence-electron chi connectivity index (χ0n) is 9.72. The first-order chi connectivity index (χ1) is 6.95. The molecule has 1 fully saturated rings. The minimum absolute atomic E-state index is 0. The second-order valence-corrected chi connectivity index (χ2v) is 4.11. The van der Waals surface area contributed by atoms with E-state index in [4.69, 9.17) is 0 Å². The van der Waals surface area contributed by atoms with Crippen LogP contribution in [0.1, 0.15) is 32.1 Å². The number of hydrogen-bond acceptors (Lipinski definition) is 2. The first kappa shape index (κ1) is 17.0. The predicted octanol–water partition coefficient (Wildman–Crippen LogP) is -0.0387. The fourth-order valence-corrected chi connectivity index (χ4v) is 2.27. The molecular formula is C9H15BF3KO2. The van der Waals surface area contributed by atoms with Gasteiger partial charge in [-0.05, 0) is 0 Å². The Morgan fingerprint density at radius 1 is 1.38 bits per heavy atom. The Labute approximate surface area is 136 Å². The predicted molar refractivity (Wildman–Crippen MR) is 51.4 cm³/mol. The summed E-state index contributed by atoms with van der Waals surface area (Å²) < 4.78 is 42.5. The summed E-state index contributed by atoms with van der Waals surface area (Å²) in [4.78, 5) is 10.9. The third-order valence-corrected chi connectivity index (χ3v) is 3.12. The molecule has 0 N–H and O–H groups in total. The van der Waals surface area contributed by atoms with Gasteiger partial charge in [-0.3, -0.25) is 4.79 Å². The molecule has 0 amide bonds. The molecule has 0 saturated heterocycles. The maximum Gasteiger partial charge on any atom is 1.00 e. The van der Waals surface area contributed by atoms with Gasteiger partial charge in [0.2, 0.25) is 0 Å². The number of esters is 1. The Morgan fingerprint density at radius 3 is 2.25 bits per heavy atom. The Morgan fingerprint density at radius 2 is 1.88 bits per heavy atom. The number of carbonyl (C=O) groups is 1. The van der Waals surface area contributed by atoms with E-state index in [-0.39, 0.29) is 57.3 Å². The van der Waals surface area contributed by atoms with Crippen molar-refractivity contribution in [1.82, 2.24) is 0 Å². The van der Waals surface area contributed by atoms with Gasteiger partial charge in [-0.2, -0.15) is 0 Å².